The van der Waals surface area contributed by atoms with E-state index in [-0.39, 0.29) is 18.2 Å². The highest BCUT2D eigenvalue weighted by molar-refractivity contribution is 6.21. The fourth-order valence-electron chi connectivity index (χ4n) is 2.54. The van der Waals surface area contributed by atoms with Crippen LogP contribution in [0.2, 0.25) is 0 Å². The Kier molecular flexibility index (Phi) is 3.76. The number of hydrogen-bond donors (Lipinski definition) is 0. The van der Waals surface area contributed by atoms with Crippen LogP contribution in [0, 0.1) is 11.8 Å². The summed E-state index contributed by atoms with van der Waals surface area (Å²) in [4.78, 5) is 23.6. The van der Waals surface area contributed by atoms with Crippen LogP contribution in [0.5, 0.6) is 0 Å². The van der Waals surface area contributed by atoms with Gasteiger partial charge in [-0.05, 0) is 30.2 Å². The maximum atomic E-state index is 12.4. The molecule has 0 bridgehead atoms. The number of carbonyl (C=O) groups is 2. The second-order valence-corrected chi connectivity index (χ2v) is 4.92. The van der Waals surface area contributed by atoms with Crippen molar-refractivity contribution >= 4 is 11.8 Å². The number of benzene rings is 2. The number of rotatable bonds is 2. The Morgan fingerprint density at radius 3 is 2.55 bits per heavy atom. The predicted octanol–water partition coefficient (Wildman–Crippen LogP) is 3.20. The van der Waals surface area contributed by atoms with Crippen LogP contribution >= 0.6 is 0 Å². The first-order valence-corrected chi connectivity index (χ1v) is 7.13. The number of ether oxygens (including phenoxy) is 1. The zero-order valence-corrected chi connectivity index (χ0v) is 12.2. The van der Waals surface area contributed by atoms with Crippen LogP contribution in [0.15, 0.2) is 42.5 Å². The third-order valence-electron chi connectivity index (χ3n) is 3.50. The maximum Gasteiger partial charge on any atom is 0.317 e. The molecule has 0 atom stereocenters. The smallest absolute Gasteiger partial charge is 0.317 e. The average Bonchev–Trinajstić information content (AvgIpc) is 2.81. The summed E-state index contributed by atoms with van der Waals surface area (Å²) in [5.74, 6) is 5.38. The number of fused-ring (bicyclic) bond motifs is 3. The lowest BCUT2D eigenvalue weighted by molar-refractivity contribution is -0.141. The second kappa shape index (κ2) is 5.87. The molecule has 22 heavy (non-hydrogen) atoms. The van der Waals surface area contributed by atoms with E-state index < -0.39 is 0 Å². The molecule has 1 aliphatic carbocycles. The van der Waals surface area contributed by atoms with Gasteiger partial charge in [-0.1, -0.05) is 42.2 Å². The normalized spacial score (nSPS) is 11.2. The molecule has 3 rings (SSSR count). The summed E-state index contributed by atoms with van der Waals surface area (Å²) in [6, 6.07) is 13.1. The van der Waals surface area contributed by atoms with E-state index in [0.717, 1.165) is 22.3 Å². The zero-order chi connectivity index (χ0) is 15.5. The quantitative estimate of drug-likeness (QED) is 0.537. The van der Waals surface area contributed by atoms with Crippen LogP contribution in [0.4, 0.5) is 0 Å². The van der Waals surface area contributed by atoms with Gasteiger partial charge in [0.15, 0.2) is 5.78 Å². The van der Waals surface area contributed by atoms with Crippen molar-refractivity contribution in [2.75, 3.05) is 6.61 Å². The van der Waals surface area contributed by atoms with Crippen LogP contribution in [0.1, 0.15) is 34.8 Å². The molecule has 108 valence electrons. The Morgan fingerprint density at radius 2 is 1.77 bits per heavy atom. The standard InChI is InChI=1S/C19H14O3/c1-2-22-18(20)9-5-6-13-10-11-15-14-7-3-4-8-16(14)19(21)17(15)12-13/h3-4,7-8,10-12H,2,9H2,1H3. The molecular weight excluding hydrogens is 276 g/mol. The van der Waals surface area contributed by atoms with Gasteiger partial charge in [-0.2, -0.15) is 0 Å². The molecule has 3 nitrogen and oxygen atoms in total. The topological polar surface area (TPSA) is 43.4 Å². The Balaban J connectivity index is 1.87. The molecule has 0 spiro atoms. The Labute approximate surface area is 128 Å². The fraction of sp³-hybridized carbons (Fsp3) is 0.158. The molecule has 0 amide bonds. The average molecular weight is 290 g/mol. The monoisotopic (exact) mass is 290 g/mol. The summed E-state index contributed by atoms with van der Waals surface area (Å²) in [6.07, 6.45) is 0.0547. The molecule has 0 heterocycles. The molecule has 2 aromatic carbocycles. The van der Waals surface area contributed by atoms with Gasteiger partial charge in [-0.25, -0.2) is 0 Å². The van der Waals surface area contributed by atoms with Gasteiger partial charge in [0, 0.05) is 16.7 Å². The lowest BCUT2D eigenvalue weighted by atomic mass is 10.0. The van der Waals surface area contributed by atoms with Gasteiger partial charge in [0.25, 0.3) is 0 Å². The van der Waals surface area contributed by atoms with Crippen molar-refractivity contribution in [1.29, 1.82) is 0 Å². The molecule has 0 aliphatic heterocycles. The zero-order valence-electron chi connectivity index (χ0n) is 12.2. The summed E-state index contributed by atoms with van der Waals surface area (Å²) in [5, 5.41) is 0. The number of esters is 1. The first-order chi connectivity index (χ1) is 10.7. The molecule has 1 aliphatic rings. The molecule has 0 aromatic heterocycles. The van der Waals surface area contributed by atoms with Crippen LogP contribution in [-0.4, -0.2) is 18.4 Å². The van der Waals surface area contributed by atoms with Crippen LogP contribution in [0.25, 0.3) is 11.1 Å². The van der Waals surface area contributed by atoms with E-state index in [2.05, 4.69) is 11.8 Å². The van der Waals surface area contributed by atoms with E-state index in [1.165, 1.54) is 0 Å². The molecule has 2 aromatic rings. The lowest BCUT2D eigenvalue weighted by Gasteiger charge is -1.99. The molecule has 0 saturated heterocycles. The SMILES string of the molecule is CCOC(=O)CC#Cc1ccc2c(c1)C(=O)c1ccccc1-2. The van der Waals surface area contributed by atoms with Gasteiger partial charge in [0.05, 0.1) is 6.61 Å². The number of hydrogen-bond acceptors (Lipinski definition) is 3. The first-order valence-electron chi connectivity index (χ1n) is 7.13. The molecule has 0 N–H and O–H groups in total. The van der Waals surface area contributed by atoms with Crippen molar-refractivity contribution in [2.45, 2.75) is 13.3 Å². The van der Waals surface area contributed by atoms with Gasteiger partial charge >= 0.3 is 5.97 Å². The first kappa shape index (κ1) is 14.1. The summed E-state index contributed by atoms with van der Waals surface area (Å²) in [5.41, 5.74) is 4.03. The number of ketones is 1. The minimum atomic E-state index is -0.334. The summed E-state index contributed by atoms with van der Waals surface area (Å²) >= 11 is 0. The van der Waals surface area contributed by atoms with Crippen LogP contribution < -0.4 is 0 Å². The van der Waals surface area contributed by atoms with Crippen molar-refractivity contribution in [1.82, 2.24) is 0 Å². The molecular formula is C19H14O3. The lowest BCUT2D eigenvalue weighted by Crippen LogP contribution is -2.01. The summed E-state index contributed by atoms with van der Waals surface area (Å²) in [6.45, 7) is 2.11. The molecule has 0 radical (unpaired) electrons. The highest BCUT2D eigenvalue weighted by Crippen LogP contribution is 2.36. The Morgan fingerprint density at radius 1 is 1.05 bits per heavy atom. The Hall–Kier alpha value is -2.86. The van der Waals surface area contributed by atoms with Crippen molar-refractivity contribution in [3.05, 3.63) is 59.2 Å². The van der Waals surface area contributed by atoms with Gasteiger partial charge in [-0.15, -0.1) is 0 Å². The molecule has 0 saturated carbocycles. The van der Waals surface area contributed by atoms with Crippen molar-refractivity contribution in [2.24, 2.45) is 0 Å². The molecule has 0 fully saturated rings. The highest BCUT2D eigenvalue weighted by atomic mass is 16.5. The van der Waals surface area contributed by atoms with Gasteiger partial charge < -0.3 is 4.74 Å². The second-order valence-electron chi connectivity index (χ2n) is 4.92. The van der Waals surface area contributed by atoms with Crippen molar-refractivity contribution in [3.63, 3.8) is 0 Å². The van der Waals surface area contributed by atoms with E-state index >= 15 is 0 Å². The Bertz CT molecular complexity index is 822. The van der Waals surface area contributed by atoms with Gasteiger partial charge in [0.1, 0.15) is 6.42 Å². The minimum absolute atomic E-state index is 0.0274. The van der Waals surface area contributed by atoms with Crippen molar-refractivity contribution < 1.29 is 14.3 Å². The fourth-order valence-corrected chi connectivity index (χ4v) is 2.54. The predicted molar refractivity (Wildman–Crippen MR) is 83.4 cm³/mol. The van der Waals surface area contributed by atoms with Crippen LogP contribution in [0.3, 0.4) is 0 Å². The minimum Gasteiger partial charge on any atom is -0.465 e. The van der Waals surface area contributed by atoms with E-state index in [1.54, 1.807) is 13.0 Å². The van der Waals surface area contributed by atoms with E-state index in [0.29, 0.717) is 12.2 Å². The maximum absolute atomic E-state index is 12.4. The molecule has 0 unspecified atom stereocenters. The van der Waals surface area contributed by atoms with Crippen molar-refractivity contribution in [3.8, 4) is 23.0 Å². The third kappa shape index (κ3) is 2.51. The summed E-state index contributed by atoms with van der Waals surface area (Å²) < 4.78 is 4.82. The van der Waals surface area contributed by atoms with E-state index in [9.17, 15) is 9.59 Å². The van der Waals surface area contributed by atoms with E-state index in [4.69, 9.17) is 4.74 Å². The van der Waals surface area contributed by atoms with Gasteiger partial charge in [-0.3, -0.25) is 9.59 Å². The molecule has 3 heteroatoms. The number of carbonyl (C=O) groups excluding carboxylic acids is 2. The van der Waals surface area contributed by atoms with E-state index in [1.807, 2.05) is 36.4 Å². The largest absolute Gasteiger partial charge is 0.465 e. The third-order valence-corrected chi connectivity index (χ3v) is 3.50. The highest BCUT2D eigenvalue weighted by Gasteiger charge is 2.25. The van der Waals surface area contributed by atoms with Crippen LogP contribution in [-0.2, 0) is 9.53 Å². The van der Waals surface area contributed by atoms with Gasteiger partial charge in [0.2, 0.25) is 0 Å². The summed E-state index contributed by atoms with van der Waals surface area (Å²) in [7, 11) is 0.